The Morgan fingerprint density at radius 2 is 2.33 bits per heavy atom. The van der Waals surface area contributed by atoms with Crippen molar-refractivity contribution in [3.63, 3.8) is 0 Å². The molecule has 0 saturated carbocycles. The molecule has 1 aliphatic heterocycles. The van der Waals surface area contributed by atoms with Crippen molar-refractivity contribution in [3.8, 4) is 11.8 Å². The van der Waals surface area contributed by atoms with Gasteiger partial charge in [-0.25, -0.2) is 0 Å². The molecule has 0 spiro atoms. The van der Waals surface area contributed by atoms with E-state index in [1.807, 2.05) is 24.3 Å². The second-order valence-corrected chi connectivity index (χ2v) is 4.04. The van der Waals surface area contributed by atoms with Gasteiger partial charge in [0.15, 0.2) is 0 Å². The predicted molar refractivity (Wildman–Crippen MR) is 69.8 cm³/mol. The fourth-order valence-corrected chi connectivity index (χ4v) is 2.05. The van der Waals surface area contributed by atoms with Gasteiger partial charge in [0, 0.05) is 12.0 Å². The van der Waals surface area contributed by atoms with Crippen LogP contribution in [0.3, 0.4) is 0 Å². The van der Waals surface area contributed by atoms with Gasteiger partial charge >= 0.3 is 0 Å². The summed E-state index contributed by atoms with van der Waals surface area (Å²) in [5.74, 6) is 1.42. The molecule has 1 atom stereocenters. The molecule has 0 aromatic heterocycles. The molecule has 1 saturated heterocycles. The zero-order valence-electron chi connectivity index (χ0n) is 10.3. The van der Waals surface area contributed by atoms with Crippen LogP contribution < -0.4 is 4.74 Å². The number of rotatable bonds is 3. The average molecular weight is 241 g/mol. The average Bonchev–Trinajstić information content (AvgIpc) is 2.89. The zero-order valence-corrected chi connectivity index (χ0v) is 10.3. The third-order valence-electron chi connectivity index (χ3n) is 2.98. The lowest BCUT2D eigenvalue weighted by Crippen LogP contribution is -1.99. The quantitative estimate of drug-likeness (QED) is 0.602. The van der Waals surface area contributed by atoms with Crippen LogP contribution in [0, 0.1) is 11.3 Å². The Kier molecular flexibility index (Phi) is 3.69. The van der Waals surface area contributed by atoms with Crippen molar-refractivity contribution >= 4 is 5.57 Å². The molecule has 0 radical (unpaired) electrons. The highest BCUT2D eigenvalue weighted by atomic mass is 16.5. The lowest BCUT2D eigenvalue weighted by Gasteiger charge is -2.10. The van der Waals surface area contributed by atoms with E-state index in [0.717, 1.165) is 24.2 Å². The van der Waals surface area contributed by atoms with Crippen LogP contribution in [0.25, 0.3) is 5.57 Å². The summed E-state index contributed by atoms with van der Waals surface area (Å²) in [6, 6.07) is 9.69. The van der Waals surface area contributed by atoms with Gasteiger partial charge in [0.1, 0.15) is 29.3 Å². The van der Waals surface area contributed by atoms with Gasteiger partial charge in [-0.05, 0) is 18.6 Å². The summed E-state index contributed by atoms with van der Waals surface area (Å²) in [6.45, 7) is 3.71. The van der Waals surface area contributed by atoms with E-state index in [2.05, 4.69) is 12.6 Å². The molecular weight excluding hydrogens is 226 g/mol. The fourth-order valence-electron chi connectivity index (χ4n) is 2.05. The molecule has 18 heavy (non-hydrogen) atoms. The second-order valence-electron chi connectivity index (χ2n) is 4.04. The minimum Gasteiger partial charge on any atom is -0.496 e. The lowest BCUT2D eigenvalue weighted by molar-refractivity contribution is 0.203. The Bertz CT molecular complexity index is 526. The van der Waals surface area contributed by atoms with Crippen LogP contribution >= 0.6 is 0 Å². The fraction of sp³-hybridized carbons (Fsp3) is 0.267. The number of nitriles is 1. The molecular formula is C15H15NO2. The van der Waals surface area contributed by atoms with Crippen molar-refractivity contribution in [2.75, 3.05) is 7.11 Å². The summed E-state index contributed by atoms with van der Waals surface area (Å²) in [5, 5.41) is 9.35. The van der Waals surface area contributed by atoms with Crippen LogP contribution in [-0.4, -0.2) is 13.2 Å². The van der Waals surface area contributed by atoms with E-state index in [1.165, 1.54) is 0 Å². The SMILES string of the molecule is C=CC1CC/C(=C(\C#N)c2ccccc2OC)O1. The third-order valence-corrected chi connectivity index (χ3v) is 2.98. The summed E-state index contributed by atoms with van der Waals surface area (Å²) in [6.07, 6.45) is 3.42. The monoisotopic (exact) mass is 241 g/mol. The van der Waals surface area contributed by atoms with Crippen molar-refractivity contribution in [1.82, 2.24) is 0 Å². The smallest absolute Gasteiger partial charge is 0.127 e. The van der Waals surface area contributed by atoms with Crippen LogP contribution in [0.1, 0.15) is 18.4 Å². The summed E-state index contributed by atoms with van der Waals surface area (Å²) in [4.78, 5) is 0. The first-order chi connectivity index (χ1) is 8.80. The number of ether oxygens (including phenoxy) is 2. The molecule has 0 N–H and O–H groups in total. The molecule has 1 fully saturated rings. The number of methoxy groups -OCH3 is 1. The largest absolute Gasteiger partial charge is 0.496 e. The summed E-state index contributed by atoms with van der Waals surface area (Å²) in [5.41, 5.74) is 1.33. The van der Waals surface area contributed by atoms with E-state index < -0.39 is 0 Å². The zero-order chi connectivity index (χ0) is 13.0. The van der Waals surface area contributed by atoms with Crippen LogP contribution in [0.15, 0.2) is 42.7 Å². The van der Waals surface area contributed by atoms with Crippen LogP contribution in [0.4, 0.5) is 0 Å². The highest BCUT2D eigenvalue weighted by Crippen LogP contribution is 2.34. The van der Waals surface area contributed by atoms with Crippen molar-refractivity contribution < 1.29 is 9.47 Å². The van der Waals surface area contributed by atoms with Crippen molar-refractivity contribution in [3.05, 3.63) is 48.2 Å². The maximum absolute atomic E-state index is 9.35. The predicted octanol–water partition coefficient (Wildman–Crippen LogP) is 3.29. The highest BCUT2D eigenvalue weighted by Gasteiger charge is 2.23. The number of allylic oxidation sites excluding steroid dienone is 2. The van der Waals surface area contributed by atoms with Crippen molar-refractivity contribution in [2.45, 2.75) is 18.9 Å². The van der Waals surface area contributed by atoms with Crippen LogP contribution in [0.2, 0.25) is 0 Å². The first kappa shape index (κ1) is 12.3. The number of hydrogen-bond donors (Lipinski definition) is 0. The molecule has 1 heterocycles. The summed E-state index contributed by atoms with van der Waals surface area (Å²) >= 11 is 0. The Morgan fingerprint density at radius 3 is 2.94 bits per heavy atom. The molecule has 0 aliphatic carbocycles. The van der Waals surface area contributed by atoms with E-state index in [0.29, 0.717) is 11.3 Å². The van der Waals surface area contributed by atoms with Gasteiger partial charge in [0.05, 0.1) is 7.11 Å². The third kappa shape index (κ3) is 2.23. The van der Waals surface area contributed by atoms with Gasteiger partial charge in [-0.3, -0.25) is 0 Å². The van der Waals surface area contributed by atoms with Crippen molar-refractivity contribution in [1.29, 1.82) is 5.26 Å². The molecule has 1 aliphatic rings. The Morgan fingerprint density at radius 1 is 1.56 bits per heavy atom. The first-order valence-electron chi connectivity index (χ1n) is 5.86. The van der Waals surface area contributed by atoms with Gasteiger partial charge in [0.2, 0.25) is 0 Å². The molecule has 0 amide bonds. The topological polar surface area (TPSA) is 42.2 Å². The maximum atomic E-state index is 9.35. The van der Waals surface area contributed by atoms with Crippen LogP contribution in [-0.2, 0) is 4.74 Å². The van der Waals surface area contributed by atoms with E-state index in [4.69, 9.17) is 9.47 Å². The van der Waals surface area contributed by atoms with Crippen molar-refractivity contribution in [2.24, 2.45) is 0 Å². The Balaban J connectivity index is 2.43. The summed E-state index contributed by atoms with van der Waals surface area (Å²) in [7, 11) is 1.60. The summed E-state index contributed by atoms with van der Waals surface area (Å²) < 4.78 is 11.0. The number of benzene rings is 1. The second kappa shape index (κ2) is 5.42. The van der Waals surface area contributed by atoms with Gasteiger partial charge in [-0.15, -0.1) is 0 Å². The van der Waals surface area contributed by atoms with Gasteiger partial charge in [-0.2, -0.15) is 5.26 Å². The maximum Gasteiger partial charge on any atom is 0.127 e. The van der Waals surface area contributed by atoms with E-state index in [-0.39, 0.29) is 6.10 Å². The molecule has 3 nitrogen and oxygen atoms in total. The number of para-hydroxylation sites is 1. The molecule has 92 valence electrons. The van der Waals surface area contributed by atoms with E-state index in [9.17, 15) is 5.26 Å². The normalized spacial score (nSPS) is 20.8. The van der Waals surface area contributed by atoms with E-state index >= 15 is 0 Å². The lowest BCUT2D eigenvalue weighted by atomic mass is 10.0. The number of nitrogens with zero attached hydrogens (tertiary/aromatic N) is 1. The van der Waals surface area contributed by atoms with Gasteiger partial charge < -0.3 is 9.47 Å². The molecule has 1 aromatic carbocycles. The molecule has 1 aromatic rings. The minimum atomic E-state index is 0.0121. The molecule has 0 bridgehead atoms. The Hall–Kier alpha value is -2.21. The highest BCUT2D eigenvalue weighted by molar-refractivity contribution is 5.81. The number of hydrogen-bond acceptors (Lipinski definition) is 3. The van der Waals surface area contributed by atoms with Crippen LogP contribution in [0.5, 0.6) is 5.75 Å². The molecule has 2 rings (SSSR count). The molecule has 1 unspecified atom stereocenters. The minimum absolute atomic E-state index is 0.0121. The Labute approximate surface area is 107 Å². The standard InChI is InChI=1S/C15H15NO2/c1-3-11-8-9-15(18-11)13(10-16)12-6-4-5-7-14(12)17-2/h3-7,11H,1,8-9H2,2H3/b15-13-. The first-order valence-corrected chi connectivity index (χ1v) is 5.86. The van der Waals surface area contributed by atoms with Gasteiger partial charge in [0.25, 0.3) is 0 Å². The van der Waals surface area contributed by atoms with E-state index in [1.54, 1.807) is 13.2 Å². The molecule has 3 heteroatoms. The van der Waals surface area contributed by atoms with Gasteiger partial charge in [-0.1, -0.05) is 24.8 Å².